The third-order valence-electron chi connectivity index (χ3n) is 5.29. The second-order valence-corrected chi connectivity index (χ2v) is 8.10. The van der Waals surface area contributed by atoms with Gasteiger partial charge in [0, 0.05) is 17.3 Å². The van der Waals surface area contributed by atoms with Gasteiger partial charge in [0.15, 0.2) is 16.4 Å². The first-order chi connectivity index (χ1) is 17.3. The number of nitrogens with one attached hydrogen (secondary N) is 2. The molecule has 0 radical (unpaired) electrons. The highest BCUT2D eigenvalue weighted by Gasteiger charge is 2.19. The fraction of sp³-hybridized carbons (Fsp3) is 0.160. The summed E-state index contributed by atoms with van der Waals surface area (Å²) in [6.45, 7) is 4.00. The van der Waals surface area contributed by atoms with Crippen LogP contribution in [0.4, 0.5) is 11.4 Å². The number of aryl methyl sites for hydroxylation is 1. The molecule has 0 atom stereocenters. The van der Waals surface area contributed by atoms with Gasteiger partial charge in [0.2, 0.25) is 5.89 Å². The molecule has 0 fully saturated rings. The number of fused-ring (bicyclic) bond motifs is 1. The van der Waals surface area contributed by atoms with Gasteiger partial charge in [-0.25, -0.2) is 4.98 Å². The Hall–Kier alpha value is -4.51. The van der Waals surface area contributed by atoms with Crippen LogP contribution in [0.1, 0.15) is 29.8 Å². The van der Waals surface area contributed by atoms with Gasteiger partial charge in [-0.05, 0) is 73.6 Å². The number of aromatic hydroxyl groups is 1. The van der Waals surface area contributed by atoms with Crippen LogP contribution in [0.3, 0.4) is 0 Å². The molecular formula is C25H22N4O6S. The number of amides is 1. The Bertz CT molecular complexity index is 1480. The lowest BCUT2D eigenvalue weighted by molar-refractivity contribution is -0.385. The second-order valence-electron chi connectivity index (χ2n) is 7.69. The monoisotopic (exact) mass is 506 g/mol. The van der Waals surface area contributed by atoms with Gasteiger partial charge < -0.3 is 19.6 Å². The highest BCUT2D eigenvalue weighted by molar-refractivity contribution is 7.80. The first-order valence-corrected chi connectivity index (χ1v) is 11.5. The van der Waals surface area contributed by atoms with Crippen LogP contribution in [-0.2, 0) is 6.42 Å². The van der Waals surface area contributed by atoms with Crippen LogP contribution >= 0.6 is 12.2 Å². The fourth-order valence-corrected chi connectivity index (χ4v) is 3.72. The zero-order chi connectivity index (χ0) is 25.8. The number of nitrogens with zero attached hydrogens (tertiary/aromatic N) is 2. The van der Waals surface area contributed by atoms with Gasteiger partial charge >= 0.3 is 5.69 Å². The first-order valence-electron chi connectivity index (χ1n) is 11.1. The van der Waals surface area contributed by atoms with Gasteiger partial charge in [-0.3, -0.25) is 20.2 Å². The minimum Gasteiger partial charge on any atom is -0.507 e. The van der Waals surface area contributed by atoms with Crippen molar-refractivity contribution in [3.8, 4) is 23.0 Å². The lowest BCUT2D eigenvalue weighted by Gasteiger charge is -2.11. The molecular weight excluding hydrogens is 484 g/mol. The minimum absolute atomic E-state index is 0.0404. The number of hydrogen-bond acceptors (Lipinski definition) is 8. The Morgan fingerprint density at radius 1 is 1.17 bits per heavy atom. The summed E-state index contributed by atoms with van der Waals surface area (Å²) in [5.74, 6) is -0.375. The molecule has 0 saturated carbocycles. The van der Waals surface area contributed by atoms with Gasteiger partial charge in [-0.15, -0.1) is 0 Å². The van der Waals surface area contributed by atoms with E-state index in [-0.39, 0.29) is 40.4 Å². The fourth-order valence-electron chi connectivity index (χ4n) is 3.51. The average Bonchev–Trinajstić information content (AvgIpc) is 3.28. The molecule has 3 N–H and O–H groups in total. The highest BCUT2D eigenvalue weighted by Crippen LogP contribution is 2.33. The summed E-state index contributed by atoms with van der Waals surface area (Å²) >= 11 is 5.23. The molecule has 3 aromatic carbocycles. The standard InChI is InChI=1S/C25H22N4O6S/c1-3-14-5-9-21-18(11-14)27-24(35-21)17-13-16(7-8-20(17)30)26-25(36)28-23(31)15-6-10-22(34-4-2)19(12-15)29(32)33/h5-13,30H,3-4H2,1-2H3,(H2,26,28,31,36). The zero-order valence-electron chi connectivity index (χ0n) is 19.4. The van der Waals surface area contributed by atoms with E-state index in [9.17, 15) is 20.0 Å². The number of carbonyl (C=O) groups is 1. The van der Waals surface area contributed by atoms with Crippen LogP contribution < -0.4 is 15.4 Å². The summed E-state index contributed by atoms with van der Waals surface area (Å²) < 4.78 is 11.0. The lowest BCUT2D eigenvalue weighted by Crippen LogP contribution is -2.34. The van der Waals surface area contributed by atoms with Crippen molar-refractivity contribution >= 4 is 45.7 Å². The Labute approximate surface area is 211 Å². The number of rotatable bonds is 7. The van der Waals surface area contributed by atoms with Crippen molar-refractivity contribution in [2.45, 2.75) is 20.3 Å². The molecule has 1 amide bonds. The maximum atomic E-state index is 12.6. The smallest absolute Gasteiger partial charge is 0.311 e. The van der Waals surface area contributed by atoms with Crippen molar-refractivity contribution in [1.82, 2.24) is 10.3 Å². The van der Waals surface area contributed by atoms with Crippen molar-refractivity contribution in [2.24, 2.45) is 0 Å². The van der Waals surface area contributed by atoms with E-state index in [0.29, 0.717) is 22.4 Å². The molecule has 0 bridgehead atoms. The molecule has 1 aromatic heterocycles. The maximum Gasteiger partial charge on any atom is 0.311 e. The van der Waals surface area contributed by atoms with Crippen LogP contribution in [0.5, 0.6) is 11.5 Å². The van der Waals surface area contributed by atoms with Crippen molar-refractivity contribution in [2.75, 3.05) is 11.9 Å². The third-order valence-corrected chi connectivity index (χ3v) is 5.49. The van der Waals surface area contributed by atoms with Gasteiger partial charge in [0.25, 0.3) is 5.91 Å². The summed E-state index contributed by atoms with van der Waals surface area (Å²) in [4.78, 5) is 27.8. The van der Waals surface area contributed by atoms with E-state index in [1.54, 1.807) is 19.1 Å². The van der Waals surface area contributed by atoms with Crippen molar-refractivity contribution < 1.29 is 24.0 Å². The van der Waals surface area contributed by atoms with Gasteiger partial charge in [-0.2, -0.15) is 0 Å². The molecule has 0 saturated heterocycles. The van der Waals surface area contributed by atoms with Crippen LogP contribution in [0.15, 0.2) is 59.0 Å². The zero-order valence-corrected chi connectivity index (χ0v) is 20.2. The number of thiocarbonyl (C=S) groups is 1. The van der Waals surface area contributed by atoms with E-state index < -0.39 is 10.8 Å². The predicted molar refractivity (Wildman–Crippen MR) is 138 cm³/mol. The van der Waals surface area contributed by atoms with Crippen LogP contribution in [0.2, 0.25) is 0 Å². The molecule has 184 valence electrons. The lowest BCUT2D eigenvalue weighted by atomic mass is 10.1. The molecule has 0 aliphatic rings. The topological polar surface area (TPSA) is 140 Å². The average molecular weight is 507 g/mol. The number of carbonyl (C=O) groups excluding carboxylic acids is 1. The largest absolute Gasteiger partial charge is 0.507 e. The number of phenols is 1. The molecule has 4 aromatic rings. The highest BCUT2D eigenvalue weighted by atomic mass is 32.1. The van der Waals surface area contributed by atoms with Crippen molar-refractivity contribution in [1.29, 1.82) is 0 Å². The SMILES string of the molecule is CCOc1ccc(C(=O)NC(=S)Nc2ccc(O)c(-c3nc4cc(CC)ccc4o3)c2)cc1[N+](=O)[O-]. The number of ether oxygens (including phenoxy) is 1. The molecule has 10 nitrogen and oxygen atoms in total. The Morgan fingerprint density at radius 3 is 2.69 bits per heavy atom. The summed E-state index contributed by atoms with van der Waals surface area (Å²) in [5, 5.41) is 27.0. The number of aromatic nitrogens is 1. The molecule has 1 heterocycles. The van der Waals surface area contributed by atoms with E-state index in [0.717, 1.165) is 18.1 Å². The minimum atomic E-state index is -0.636. The quantitative estimate of drug-likeness (QED) is 0.134. The Balaban J connectivity index is 1.51. The predicted octanol–water partition coefficient (Wildman–Crippen LogP) is 5.20. The number of hydrogen-bond donors (Lipinski definition) is 3. The van der Waals surface area contributed by atoms with E-state index in [1.165, 1.54) is 18.2 Å². The van der Waals surface area contributed by atoms with E-state index >= 15 is 0 Å². The van der Waals surface area contributed by atoms with E-state index in [2.05, 4.69) is 15.6 Å². The number of phenolic OH excluding ortho intramolecular Hbond substituents is 1. The summed E-state index contributed by atoms with van der Waals surface area (Å²) in [5.41, 5.74) is 2.89. The van der Waals surface area contributed by atoms with Gasteiger partial charge in [0.1, 0.15) is 11.3 Å². The number of nitro benzene ring substituents is 1. The summed E-state index contributed by atoms with van der Waals surface area (Å²) in [7, 11) is 0. The van der Waals surface area contributed by atoms with E-state index in [4.69, 9.17) is 21.4 Å². The Kier molecular flexibility index (Phi) is 7.11. The summed E-state index contributed by atoms with van der Waals surface area (Å²) in [6, 6.07) is 14.2. The van der Waals surface area contributed by atoms with Crippen molar-refractivity contribution in [3.05, 3.63) is 75.8 Å². The molecule has 0 spiro atoms. The summed E-state index contributed by atoms with van der Waals surface area (Å²) in [6.07, 6.45) is 0.857. The van der Waals surface area contributed by atoms with Crippen LogP contribution in [0.25, 0.3) is 22.6 Å². The van der Waals surface area contributed by atoms with Gasteiger partial charge in [0.05, 0.1) is 17.1 Å². The third kappa shape index (κ3) is 5.26. The number of anilines is 1. The van der Waals surface area contributed by atoms with E-state index in [1.807, 2.05) is 25.1 Å². The van der Waals surface area contributed by atoms with Crippen LogP contribution in [-0.4, -0.2) is 32.6 Å². The number of nitro groups is 1. The second kappa shape index (κ2) is 10.4. The number of oxazole rings is 1. The van der Waals surface area contributed by atoms with Gasteiger partial charge in [-0.1, -0.05) is 13.0 Å². The van der Waals surface area contributed by atoms with Crippen LogP contribution in [0, 0.1) is 10.1 Å². The molecule has 4 rings (SSSR count). The normalized spacial score (nSPS) is 10.7. The first kappa shape index (κ1) is 24.6. The molecule has 0 aliphatic carbocycles. The molecule has 0 aliphatic heterocycles. The molecule has 11 heteroatoms. The maximum absolute atomic E-state index is 12.6. The molecule has 0 unspecified atom stereocenters. The Morgan fingerprint density at radius 2 is 1.97 bits per heavy atom. The molecule has 36 heavy (non-hydrogen) atoms. The van der Waals surface area contributed by atoms with Crippen molar-refractivity contribution in [3.63, 3.8) is 0 Å². The number of benzene rings is 3.